The van der Waals surface area contributed by atoms with Gasteiger partial charge in [0.15, 0.2) is 0 Å². The minimum atomic E-state index is -0.379. The summed E-state index contributed by atoms with van der Waals surface area (Å²) >= 11 is 0. The monoisotopic (exact) mass is 322 g/mol. The lowest BCUT2D eigenvalue weighted by atomic mass is 10.2. The molecule has 15 heavy (non-hydrogen) atoms. The van der Waals surface area contributed by atoms with E-state index in [0.717, 1.165) is 16.6 Å². The molecule has 0 fully saturated rings. The van der Waals surface area contributed by atoms with Crippen molar-refractivity contribution in [3.05, 3.63) is 39.9 Å². The molecule has 5 heteroatoms. The minimum absolute atomic E-state index is 0. The zero-order valence-electron chi connectivity index (χ0n) is 9.11. The Hall–Kier alpha value is -0.690. The molecule has 0 aliphatic heterocycles. The summed E-state index contributed by atoms with van der Waals surface area (Å²) in [4.78, 5) is 10.0. The molecule has 4 nitrogen and oxygen atoms in total. The number of nitro benzene ring substituents is 1. The number of hydrogen-bond acceptors (Lipinski definition) is 2. The Morgan fingerprint density at radius 2 is 1.67 bits per heavy atom. The molecule has 0 N–H and O–H groups in total. The van der Waals surface area contributed by atoms with Crippen molar-refractivity contribution in [3.63, 3.8) is 0 Å². The molecule has 1 rings (SSSR count). The van der Waals surface area contributed by atoms with Crippen LogP contribution in [-0.4, -0.2) is 30.5 Å². The van der Waals surface area contributed by atoms with Crippen molar-refractivity contribution in [3.8, 4) is 0 Å². The van der Waals surface area contributed by atoms with Gasteiger partial charge in [0.1, 0.15) is 6.54 Å². The molecule has 0 heterocycles. The second-order valence-corrected chi connectivity index (χ2v) is 4.37. The first-order valence-corrected chi connectivity index (χ1v) is 4.42. The average Bonchev–Trinajstić information content (AvgIpc) is 2.02. The number of quaternary nitrogens is 1. The van der Waals surface area contributed by atoms with E-state index >= 15 is 0 Å². The fraction of sp³-hybridized carbons (Fsp3) is 0.400. The fourth-order valence-electron chi connectivity index (χ4n) is 1.27. The standard InChI is InChI=1S/C10H15N2O2.HI/c1-12(2,3)8-9-4-6-10(7-5-9)11(13)14;/h4-7H,8H2,1-3H3;1H/q+1;/p-1. The fourth-order valence-corrected chi connectivity index (χ4v) is 1.27. The maximum Gasteiger partial charge on any atom is 0.269 e. The summed E-state index contributed by atoms with van der Waals surface area (Å²) in [5, 5.41) is 10.4. The van der Waals surface area contributed by atoms with Crippen LogP contribution in [0.4, 0.5) is 5.69 Å². The quantitative estimate of drug-likeness (QED) is 0.304. The summed E-state index contributed by atoms with van der Waals surface area (Å²) in [6.45, 7) is 0.873. The molecule has 0 amide bonds. The van der Waals surface area contributed by atoms with Gasteiger partial charge in [-0.1, -0.05) is 0 Å². The second-order valence-electron chi connectivity index (χ2n) is 4.37. The summed E-state index contributed by atoms with van der Waals surface area (Å²) in [6, 6.07) is 6.71. The van der Waals surface area contributed by atoms with Crippen molar-refractivity contribution in [1.82, 2.24) is 0 Å². The summed E-state index contributed by atoms with van der Waals surface area (Å²) in [7, 11) is 6.25. The lowest BCUT2D eigenvalue weighted by molar-refractivity contribution is -0.884. The van der Waals surface area contributed by atoms with Crippen LogP contribution in [0.3, 0.4) is 0 Å². The van der Waals surface area contributed by atoms with E-state index in [1.165, 1.54) is 0 Å². The molecular formula is C10H15IN2O2. The van der Waals surface area contributed by atoms with Crippen molar-refractivity contribution < 1.29 is 33.4 Å². The van der Waals surface area contributed by atoms with Crippen LogP contribution in [0, 0.1) is 10.1 Å². The Morgan fingerprint density at radius 1 is 1.20 bits per heavy atom. The summed E-state index contributed by atoms with van der Waals surface area (Å²) in [6.07, 6.45) is 0. The number of non-ortho nitro benzene ring substituents is 1. The van der Waals surface area contributed by atoms with Gasteiger partial charge < -0.3 is 28.5 Å². The largest absolute Gasteiger partial charge is 1.00 e. The van der Waals surface area contributed by atoms with Gasteiger partial charge in [0.05, 0.1) is 26.1 Å². The lowest BCUT2D eigenvalue weighted by Crippen LogP contribution is -3.00. The Morgan fingerprint density at radius 3 is 2.00 bits per heavy atom. The molecule has 0 radical (unpaired) electrons. The van der Waals surface area contributed by atoms with E-state index in [4.69, 9.17) is 0 Å². The molecule has 1 aromatic carbocycles. The molecule has 0 unspecified atom stereocenters. The number of halogens is 1. The van der Waals surface area contributed by atoms with Gasteiger partial charge in [0, 0.05) is 17.7 Å². The van der Waals surface area contributed by atoms with Gasteiger partial charge in [-0.25, -0.2) is 0 Å². The van der Waals surface area contributed by atoms with Crippen molar-refractivity contribution >= 4 is 5.69 Å². The highest BCUT2D eigenvalue weighted by molar-refractivity contribution is 5.32. The van der Waals surface area contributed by atoms with Gasteiger partial charge in [-0.05, 0) is 12.1 Å². The van der Waals surface area contributed by atoms with Gasteiger partial charge in [-0.3, -0.25) is 10.1 Å². The van der Waals surface area contributed by atoms with Gasteiger partial charge in [0.25, 0.3) is 5.69 Å². The van der Waals surface area contributed by atoms with E-state index in [2.05, 4.69) is 21.1 Å². The molecular weight excluding hydrogens is 307 g/mol. The molecule has 0 atom stereocenters. The molecule has 0 spiro atoms. The van der Waals surface area contributed by atoms with Gasteiger partial charge in [0.2, 0.25) is 0 Å². The molecule has 0 saturated heterocycles. The van der Waals surface area contributed by atoms with E-state index in [1.54, 1.807) is 12.1 Å². The smallest absolute Gasteiger partial charge is 0.269 e. The van der Waals surface area contributed by atoms with Gasteiger partial charge >= 0.3 is 0 Å². The number of nitro groups is 1. The maximum atomic E-state index is 10.4. The Bertz CT molecular complexity index is 330. The molecule has 1 aromatic rings. The maximum absolute atomic E-state index is 10.4. The predicted molar refractivity (Wildman–Crippen MR) is 54.8 cm³/mol. The Balaban J connectivity index is 0.00000196. The van der Waals surface area contributed by atoms with Crippen LogP contribution in [0.15, 0.2) is 24.3 Å². The molecule has 0 bridgehead atoms. The molecule has 0 aliphatic carbocycles. The van der Waals surface area contributed by atoms with Crippen molar-refractivity contribution in [2.24, 2.45) is 0 Å². The molecule has 84 valence electrons. The van der Waals surface area contributed by atoms with E-state index in [1.807, 2.05) is 12.1 Å². The number of nitrogens with zero attached hydrogens (tertiary/aromatic N) is 2. The number of hydrogen-bond donors (Lipinski definition) is 0. The third-order valence-corrected chi connectivity index (χ3v) is 1.80. The average molecular weight is 322 g/mol. The van der Waals surface area contributed by atoms with E-state index in [9.17, 15) is 10.1 Å². The number of benzene rings is 1. The second kappa shape index (κ2) is 5.41. The summed E-state index contributed by atoms with van der Waals surface area (Å²) in [5.41, 5.74) is 1.26. The topological polar surface area (TPSA) is 43.1 Å². The normalized spacial score (nSPS) is 10.6. The Kier molecular flexibility index (Phi) is 5.16. The first-order valence-electron chi connectivity index (χ1n) is 4.42. The summed E-state index contributed by atoms with van der Waals surface area (Å²) < 4.78 is 0.817. The van der Waals surface area contributed by atoms with Crippen LogP contribution in [0.1, 0.15) is 5.56 Å². The van der Waals surface area contributed by atoms with Crippen molar-refractivity contribution in [2.75, 3.05) is 21.1 Å². The highest BCUT2D eigenvalue weighted by Gasteiger charge is 2.10. The van der Waals surface area contributed by atoms with Gasteiger partial charge in [-0.15, -0.1) is 0 Å². The molecule has 0 aliphatic rings. The van der Waals surface area contributed by atoms with Crippen LogP contribution >= 0.6 is 0 Å². The van der Waals surface area contributed by atoms with Crippen molar-refractivity contribution in [2.45, 2.75) is 6.54 Å². The highest BCUT2D eigenvalue weighted by atomic mass is 127. The van der Waals surface area contributed by atoms with E-state index < -0.39 is 0 Å². The van der Waals surface area contributed by atoms with Crippen LogP contribution in [0.2, 0.25) is 0 Å². The molecule has 0 aromatic heterocycles. The third-order valence-electron chi connectivity index (χ3n) is 1.80. The Labute approximate surface area is 107 Å². The van der Waals surface area contributed by atoms with Crippen molar-refractivity contribution in [1.29, 1.82) is 0 Å². The van der Waals surface area contributed by atoms with Crippen LogP contribution in [-0.2, 0) is 6.54 Å². The van der Waals surface area contributed by atoms with Crippen LogP contribution in [0.5, 0.6) is 0 Å². The highest BCUT2D eigenvalue weighted by Crippen LogP contribution is 2.13. The van der Waals surface area contributed by atoms with Gasteiger partial charge in [-0.2, -0.15) is 0 Å². The molecule has 0 saturated carbocycles. The zero-order valence-corrected chi connectivity index (χ0v) is 11.3. The minimum Gasteiger partial charge on any atom is -1.00 e. The lowest BCUT2D eigenvalue weighted by Gasteiger charge is -2.23. The van der Waals surface area contributed by atoms with Crippen LogP contribution < -0.4 is 24.0 Å². The first kappa shape index (κ1) is 14.3. The third kappa shape index (κ3) is 5.08. The number of rotatable bonds is 3. The predicted octanol–water partition coefficient (Wildman–Crippen LogP) is -1.19. The zero-order chi connectivity index (χ0) is 10.8. The van der Waals surface area contributed by atoms with E-state index in [0.29, 0.717) is 0 Å². The van der Waals surface area contributed by atoms with Crippen LogP contribution in [0.25, 0.3) is 0 Å². The van der Waals surface area contributed by atoms with E-state index in [-0.39, 0.29) is 34.6 Å². The first-order chi connectivity index (χ1) is 6.38. The summed E-state index contributed by atoms with van der Waals surface area (Å²) in [5.74, 6) is 0. The SMILES string of the molecule is C[N+](C)(C)Cc1ccc([N+](=O)[O-])cc1.[I-].